The van der Waals surface area contributed by atoms with Gasteiger partial charge in [-0.15, -0.1) is 0 Å². The predicted octanol–water partition coefficient (Wildman–Crippen LogP) is 1.23. The smallest absolute Gasteiger partial charge is 0.347 e. The average Bonchev–Trinajstić information content (AvgIpc) is 2.91. The molecule has 2 atom stereocenters. The van der Waals surface area contributed by atoms with Gasteiger partial charge in [0.2, 0.25) is 11.2 Å². The number of fused-ring (bicyclic) bond motifs is 1. The molecule has 1 N–H and O–H groups in total. The van der Waals surface area contributed by atoms with E-state index >= 15 is 0 Å². The third kappa shape index (κ3) is 2.14. The van der Waals surface area contributed by atoms with Gasteiger partial charge in [0, 0.05) is 24.7 Å². The van der Waals surface area contributed by atoms with Crippen LogP contribution in [0.5, 0.6) is 0 Å². The van der Waals surface area contributed by atoms with Crippen molar-refractivity contribution >= 4 is 23.3 Å². The summed E-state index contributed by atoms with van der Waals surface area (Å²) in [5, 5.41) is 23.0. The molecule has 0 saturated carbocycles. The number of cyclic esters (lactones) is 1. The van der Waals surface area contributed by atoms with Gasteiger partial charge in [0.25, 0.3) is 11.6 Å². The van der Waals surface area contributed by atoms with E-state index in [1.54, 1.807) is 18.2 Å². The van der Waals surface area contributed by atoms with Gasteiger partial charge in [0.05, 0.1) is 17.2 Å². The van der Waals surface area contributed by atoms with Crippen molar-refractivity contribution < 1.29 is 29.1 Å². The normalized spacial score (nSPS) is 26.7. The Balaban J connectivity index is 2.05. The summed E-state index contributed by atoms with van der Waals surface area (Å²) in [4.78, 5) is 38.0. The van der Waals surface area contributed by atoms with E-state index in [1.165, 1.54) is 31.3 Å². The van der Waals surface area contributed by atoms with E-state index in [0.717, 1.165) is 11.0 Å². The Morgan fingerprint density at radius 1 is 1.14 bits per heavy atom. The van der Waals surface area contributed by atoms with Gasteiger partial charge in [0.15, 0.2) is 0 Å². The lowest BCUT2D eigenvalue weighted by Crippen LogP contribution is -2.63. The lowest BCUT2D eigenvalue weighted by atomic mass is 9.73. The van der Waals surface area contributed by atoms with Gasteiger partial charge in [-0.05, 0) is 11.6 Å². The van der Waals surface area contributed by atoms with Gasteiger partial charge >= 0.3 is 5.97 Å². The Bertz CT molecular complexity index is 993. The quantitative estimate of drug-likeness (QED) is 0.480. The number of ether oxygens (including phenoxy) is 2. The van der Waals surface area contributed by atoms with Crippen molar-refractivity contribution in [2.45, 2.75) is 11.2 Å². The summed E-state index contributed by atoms with van der Waals surface area (Å²) < 4.78 is 11.0. The largest absolute Gasteiger partial charge is 0.461 e. The van der Waals surface area contributed by atoms with Crippen LogP contribution in [-0.2, 0) is 30.3 Å². The topological polar surface area (TPSA) is 119 Å². The van der Waals surface area contributed by atoms with E-state index in [2.05, 4.69) is 0 Å². The molecule has 9 nitrogen and oxygen atoms in total. The second-order valence-corrected chi connectivity index (χ2v) is 6.56. The van der Waals surface area contributed by atoms with E-state index in [-0.39, 0.29) is 35.7 Å². The number of nitrogens with zero attached hydrogens (tertiary/aromatic N) is 2. The zero-order valence-corrected chi connectivity index (χ0v) is 14.8. The number of carbonyl (C=O) groups is 2. The van der Waals surface area contributed by atoms with Crippen LogP contribution in [-0.4, -0.2) is 42.2 Å². The highest BCUT2D eigenvalue weighted by Crippen LogP contribution is 2.53. The zero-order valence-electron chi connectivity index (χ0n) is 14.8. The fraction of sp³-hybridized carbons (Fsp3) is 0.263. The third-order valence-corrected chi connectivity index (χ3v) is 5.17. The van der Waals surface area contributed by atoms with Crippen molar-refractivity contribution in [3.63, 3.8) is 0 Å². The Hall–Kier alpha value is -3.30. The molecule has 2 aromatic carbocycles. The SMILES string of the molecule is CN1C(=O)[C@@](O)([C@@]2(c3ccccc3)OCCOC2=O)c2cc([N+](=O)[O-])ccc21. The number of anilines is 1. The number of hydrogen-bond donors (Lipinski definition) is 1. The molecule has 0 unspecified atom stereocenters. The summed E-state index contributed by atoms with van der Waals surface area (Å²) in [7, 11) is 1.41. The molecule has 0 radical (unpaired) electrons. The highest BCUT2D eigenvalue weighted by Gasteiger charge is 2.70. The Labute approximate surface area is 159 Å². The van der Waals surface area contributed by atoms with E-state index in [4.69, 9.17) is 9.47 Å². The number of aliphatic hydroxyl groups is 1. The molecule has 2 heterocycles. The van der Waals surface area contributed by atoms with Crippen LogP contribution < -0.4 is 4.90 Å². The summed E-state index contributed by atoms with van der Waals surface area (Å²) in [5.74, 6) is -1.78. The Morgan fingerprint density at radius 2 is 1.86 bits per heavy atom. The summed E-state index contributed by atoms with van der Waals surface area (Å²) in [6.45, 7) is -0.0838. The molecule has 0 spiro atoms. The standard InChI is InChI=1S/C19H16N2O7/c1-20-15-8-7-13(21(25)26)11-14(15)18(24,16(20)22)19(12-5-3-2-4-6-12)17(23)27-9-10-28-19/h2-8,11,24H,9-10H2,1H3/t18-,19+/m1/s1. The fourth-order valence-electron chi connectivity index (χ4n) is 3.85. The maximum Gasteiger partial charge on any atom is 0.347 e. The number of nitro benzene ring substituents is 1. The minimum absolute atomic E-state index is 0.0324. The molecule has 1 fully saturated rings. The van der Waals surface area contributed by atoms with Crippen LogP contribution in [0.25, 0.3) is 0 Å². The van der Waals surface area contributed by atoms with Gasteiger partial charge in [0.1, 0.15) is 6.61 Å². The molecule has 0 bridgehead atoms. The molecule has 1 amide bonds. The van der Waals surface area contributed by atoms with Crippen molar-refractivity contribution in [3.8, 4) is 0 Å². The van der Waals surface area contributed by atoms with Crippen molar-refractivity contribution in [1.82, 2.24) is 0 Å². The van der Waals surface area contributed by atoms with Crippen LogP contribution in [0, 0.1) is 10.1 Å². The average molecular weight is 384 g/mol. The van der Waals surface area contributed by atoms with Gasteiger partial charge in [-0.2, -0.15) is 0 Å². The Morgan fingerprint density at radius 3 is 2.50 bits per heavy atom. The molecule has 1 saturated heterocycles. The van der Waals surface area contributed by atoms with E-state index in [9.17, 15) is 24.8 Å². The lowest BCUT2D eigenvalue weighted by Gasteiger charge is -2.43. The minimum Gasteiger partial charge on any atom is -0.461 e. The number of nitro groups is 1. The maximum absolute atomic E-state index is 13.2. The van der Waals surface area contributed by atoms with Gasteiger partial charge in [-0.1, -0.05) is 30.3 Å². The number of amides is 1. The van der Waals surface area contributed by atoms with Crippen LogP contribution in [0.3, 0.4) is 0 Å². The maximum atomic E-state index is 13.2. The number of esters is 1. The summed E-state index contributed by atoms with van der Waals surface area (Å²) in [6, 6.07) is 11.7. The number of carbonyl (C=O) groups excluding carboxylic acids is 2. The summed E-state index contributed by atoms with van der Waals surface area (Å²) >= 11 is 0. The summed E-state index contributed by atoms with van der Waals surface area (Å²) in [5.41, 5.74) is -4.69. The van der Waals surface area contributed by atoms with E-state index in [1.807, 2.05) is 0 Å². The molecule has 2 aliphatic heterocycles. The number of non-ortho nitro benzene ring substituents is 1. The van der Waals surface area contributed by atoms with Crippen LogP contribution in [0.2, 0.25) is 0 Å². The monoisotopic (exact) mass is 384 g/mol. The third-order valence-electron chi connectivity index (χ3n) is 5.17. The first-order valence-corrected chi connectivity index (χ1v) is 8.50. The minimum atomic E-state index is -2.54. The molecule has 2 aliphatic rings. The highest BCUT2D eigenvalue weighted by atomic mass is 16.6. The van der Waals surface area contributed by atoms with Gasteiger partial charge in [-0.25, -0.2) is 4.79 Å². The first kappa shape index (κ1) is 18.1. The molecule has 144 valence electrons. The van der Waals surface area contributed by atoms with Crippen molar-refractivity contribution in [3.05, 3.63) is 69.8 Å². The van der Waals surface area contributed by atoms with Crippen LogP contribution in [0.4, 0.5) is 11.4 Å². The van der Waals surface area contributed by atoms with Crippen LogP contribution in [0.15, 0.2) is 48.5 Å². The van der Waals surface area contributed by atoms with Crippen molar-refractivity contribution in [2.75, 3.05) is 25.2 Å². The van der Waals surface area contributed by atoms with Crippen LogP contribution in [0.1, 0.15) is 11.1 Å². The Kier molecular flexibility index (Phi) is 3.95. The van der Waals surface area contributed by atoms with Crippen molar-refractivity contribution in [1.29, 1.82) is 0 Å². The first-order valence-electron chi connectivity index (χ1n) is 8.50. The number of hydrogen-bond acceptors (Lipinski definition) is 7. The number of likely N-dealkylation sites (N-methyl/N-ethyl adjacent to an activating group) is 1. The lowest BCUT2D eigenvalue weighted by molar-refractivity contribution is -0.385. The van der Waals surface area contributed by atoms with Gasteiger partial charge < -0.3 is 19.5 Å². The second kappa shape index (κ2) is 6.11. The molecular formula is C19H16N2O7. The number of rotatable bonds is 3. The molecule has 0 aromatic heterocycles. The molecule has 2 aromatic rings. The predicted molar refractivity (Wildman–Crippen MR) is 95.4 cm³/mol. The molecule has 9 heteroatoms. The van der Waals surface area contributed by atoms with E-state index in [0.29, 0.717) is 0 Å². The highest BCUT2D eigenvalue weighted by molar-refractivity contribution is 6.11. The van der Waals surface area contributed by atoms with Crippen molar-refractivity contribution in [2.24, 2.45) is 0 Å². The molecule has 0 aliphatic carbocycles. The molecular weight excluding hydrogens is 368 g/mol. The molecule has 28 heavy (non-hydrogen) atoms. The molecule has 4 rings (SSSR count). The zero-order chi connectivity index (χ0) is 20.1. The first-order chi connectivity index (χ1) is 13.3. The van der Waals surface area contributed by atoms with E-state index < -0.39 is 28.0 Å². The number of benzene rings is 2. The second-order valence-electron chi connectivity index (χ2n) is 6.56. The van der Waals surface area contributed by atoms with Gasteiger partial charge in [-0.3, -0.25) is 14.9 Å². The van der Waals surface area contributed by atoms with Crippen LogP contribution >= 0.6 is 0 Å². The fourth-order valence-corrected chi connectivity index (χ4v) is 3.85. The summed E-state index contributed by atoms with van der Waals surface area (Å²) in [6.07, 6.45) is 0.